The average molecular weight is 374 g/mol. The van der Waals surface area contributed by atoms with Gasteiger partial charge in [0.05, 0.1) is 12.2 Å². The van der Waals surface area contributed by atoms with Crippen molar-refractivity contribution < 1.29 is 13.9 Å². The third-order valence-corrected chi connectivity index (χ3v) is 4.32. The normalized spacial score (nSPS) is 10.8. The zero-order valence-electron chi connectivity index (χ0n) is 14.9. The van der Waals surface area contributed by atoms with Crippen molar-refractivity contribution in [3.8, 4) is 5.75 Å². The molecule has 26 heavy (non-hydrogen) atoms. The first-order valence-electron chi connectivity index (χ1n) is 8.14. The van der Waals surface area contributed by atoms with Crippen LogP contribution in [0.3, 0.4) is 0 Å². The number of ether oxygens (including phenoxy) is 1. The van der Waals surface area contributed by atoms with Crippen molar-refractivity contribution >= 4 is 17.5 Å². The van der Waals surface area contributed by atoms with Crippen LogP contribution in [0.2, 0.25) is 5.02 Å². The zero-order valence-corrected chi connectivity index (χ0v) is 15.7. The first-order valence-corrected chi connectivity index (χ1v) is 8.52. The largest absolute Gasteiger partial charge is 0.486 e. The Kier molecular flexibility index (Phi) is 5.32. The summed E-state index contributed by atoms with van der Waals surface area (Å²) in [6, 6.07) is 10.7. The van der Waals surface area contributed by atoms with Gasteiger partial charge in [-0.05, 0) is 48.9 Å². The number of hydrogen-bond acceptors (Lipinski definition) is 4. The number of benzene rings is 1. The maximum atomic E-state index is 12.5. The molecule has 0 fully saturated rings. The molecule has 3 rings (SSSR count). The van der Waals surface area contributed by atoms with E-state index in [2.05, 4.69) is 5.10 Å². The van der Waals surface area contributed by atoms with Gasteiger partial charge in [-0.25, -0.2) is 0 Å². The van der Waals surface area contributed by atoms with E-state index in [4.69, 9.17) is 20.8 Å². The first-order chi connectivity index (χ1) is 12.4. The summed E-state index contributed by atoms with van der Waals surface area (Å²) in [5.74, 6) is 1.34. The Hall–Kier alpha value is -2.73. The molecule has 1 aromatic carbocycles. The molecule has 0 bridgehead atoms. The van der Waals surface area contributed by atoms with E-state index in [-0.39, 0.29) is 18.3 Å². The Balaban J connectivity index is 1.59. The molecule has 0 aliphatic heterocycles. The number of hydrogen-bond donors (Lipinski definition) is 0. The molecule has 7 heteroatoms. The quantitative estimate of drug-likeness (QED) is 0.659. The molecule has 6 nitrogen and oxygen atoms in total. The molecule has 0 saturated carbocycles. The van der Waals surface area contributed by atoms with Gasteiger partial charge < -0.3 is 14.1 Å². The van der Waals surface area contributed by atoms with Crippen molar-refractivity contribution in [2.24, 2.45) is 7.05 Å². The third kappa shape index (κ3) is 4.26. The Morgan fingerprint density at radius 2 is 2.12 bits per heavy atom. The molecule has 0 aliphatic carbocycles. The van der Waals surface area contributed by atoms with Crippen molar-refractivity contribution in [1.82, 2.24) is 14.7 Å². The van der Waals surface area contributed by atoms with E-state index in [9.17, 15) is 4.79 Å². The molecule has 0 N–H and O–H groups in total. The highest BCUT2D eigenvalue weighted by atomic mass is 35.5. The fourth-order valence-corrected chi connectivity index (χ4v) is 2.60. The third-order valence-electron chi connectivity index (χ3n) is 3.90. The number of furan rings is 1. The fourth-order valence-electron chi connectivity index (χ4n) is 2.48. The highest BCUT2D eigenvalue weighted by molar-refractivity contribution is 6.31. The van der Waals surface area contributed by atoms with Crippen LogP contribution in [0.1, 0.15) is 27.6 Å². The molecular formula is C19H20ClN3O3. The molecule has 3 aromatic rings. The van der Waals surface area contributed by atoms with Crippen LogP contribution in [0.15, 0.2) is 47.0 Å². The Labute approximate surface area is 156 Å². The molecule has 0 aliphatic rings. The lowest BCUT2D eigenvalue weighted by molar-refractivity contribution is 0.0747. The lowest BCUT2D eigenvalue weighted by Gasteiger charge is -2.14. The molecule has 0 radical (unpaired) electrons. The van der Waals surface area contributed by atoms with Gasteiger partial charge in [0.2, 0.25) is 0 Å². The van der Waals surface area contributed by atoms with Gasteiger partial charge >= 0.3 is 0 Å². The molecule has 0 saturated heterocycles. The number of aromatic nitrogens is 2. The minimum absolute atomic E-state index is 0.204. The molecule has 1 amide bonds. The number of carbonyl (C=O) groups is 1. The molecule has 0 unspecified atom stereocenters. The summed E-state index contributed by atoms with van der Waals surface area (Å²) in [6.07, 6.45) is 1.84. The monoisotopic (exact) mass is 373 g/mol. The minimum Gasteiger partial charge on any atom is -0.486 e. The van der Waals surface area contributed by atoms with Gasteiger partial charge in [-0.3, -0.25) is 9.48 Å². The van der Waals surface area contributed by atoms with Crippen LogP contribution in [0.5, 0.6) is 5.75 Å². The van der Waals surface area contributed by atoms with Crippen molar-refractivity contribution in [3.05, 3.63) is 70.4 Å². The van der Waals surface area contributed by atoms with Gasteiger partial charge in [0, 0.05) is 25.3 Å². The van der Waals surface area contributed by atoms with Crippen LogP contribution in [0, 0.1) is 6.92 Å². The van der Waals surface area contributed by atoms with Crippen LogP contribution in [0.25, 0.3) is 0 Å². The van der Waals surface area contributed by atoms with Crippen LogP contribution in [0.4, 0.5) is 0 Å². The standard InChI is InChI=1S/C19H20ClN3O3/c1-13-10-15(4-6-17(13)20)25-12-16-5-7-18(26-16)19(24)22(2)11-14-8-9-23(3)21-14/h4-10H,11-12H2,1-3H3. The van der Waals surface area contributed by atoms with Gasteiger partial charge in [0.25, 0.3) is 5.91 Å². The average Bonchev–Trinajstić information content (AvgIpc) is 3.24. The van der Waals surface area contributed by atoms with Gasteiger partial charge in [-0.1, -0.05) is 11.6 Å². The molecule has 0 atom stereocenters. The summed E-state index contributed by atoms with van der Waals surface area (Å²) >= 11 is 6.00. The van der Waals surface area contributed by atoms with E-state index in [0.29, 0.717) is 23.1 Å². The maximum absolute atomic E-state index is 12.5. The first kappa shape index (κ1) is 18.1. The number of nitrogens with zero attached hydrogens (tertiary/aromatic N) is 3. The number of amides is 1. The van der Waals surface area contributed by atoms with E-state index in [0.717, 1.165) is 11.3 Å². The summed E-state index contributed by atoms with van der Waals surface area (Å²) < 4.78 is 13.0. The molecule has 0 spiro atoms. The van der Waals surface area contributed by atoms with E-state index < -0.39 is 0 Å². The topological polar surface area (TPSA) is 60.5 Å². The summed E-state index contributed by atoms with van der Waals surface area (Å²) in [4.78, 5) is 14.0. The van der Waals surface area contributed by atoms with Crippen LogP contribution < -0.4 is 4.74 Å². The lowest BCUT2D eigenvalue weighted by Crippen LogP contribution is -2.26. The van der Waals surface area contributed by atoms with Gasteiger partial charge in [-0.15, -0.1) is 0 Å². The summed E-state index contributed by atoms with van der Waals surface area (Å²) in [6.45, 7) is 2.56. The Morgan fingerprint density at radius 1 is 1.31 bits per heavy atom. The zero-order chi connectivity index (χ0) is 18.7. The van der Waals surface area contributed by atoms with E-state index in [1.807, 2.05) is 32.3 Å². The van der Waals surface area contributed by atoms with Crippen LogP contribution in [-0.4, -0.2) is 27.6 Å². The summed E-state index contributed by atoms with van der Waals surface area (Å²) in [5, 5.41) is 4.96. The lowest BCUT2D eigenvalue weighted by atomic mass is 10.2. The van der Waals surface area contributed by atoms with Crippen molar-refractivity contribution in [1.29, 1.82) is 0 Å². The predicted octanol–water partition coefficient (Wildman–Crippen LogP) is 3.83. The van der Waals surface area contributed by atoms with Crippen LogP contribution >= 0.6 is 11.6 Å². The highest BCUT2D eigenvalue weighted by Crippen LogP contribution is 2.22. The number of aryl methyl sites for hydroxylation is 2. The second-order valence-electron chi connectivity index (χ2n) is 6.11. The van der Waals surface area contributed by atoms with E-state index in [1.165, 1.54) is 0 Å². The molecule has 2 aromatic heterocycles. The maximum Gasteiger partial charge on any atom is 0.289 e. The van der Waals surface area contributed by atoms with Gasteiger partial charge in [0.15, 0.2) is 5.76 Å². The Morgan fingerprint density at radius 3 is 2.81 bits per heavy atom. The minimum atomic E-state index is -0.204. The summed E-state index contributed by atoms with van der Waals surface area (Å²) in [7, 11) is 3.55. The Bertz CT molecular complexity index is 916. The molecular weight excluding hydrogens is 354 g/mol. The van der Waals surface area contributed by atoms with Gasteiger partial charge in [-0.2, -0.15) is 5.10 Å². The van der Waals surface area contributed by atoms with E-state index >= 15 is 0 Å². The summed E-state index contributed by atoms with van der Waals surface area (Å²) in [5.41, 5.74) is 1.76. The van der Waals surface area contributed by atoms with Crippen molar-refractivity contribution in [3.63, 3.8) is 0 Å². The number of rotatable bonds is 6. The molecule has 2 heterocycles. The SMILES string of the molecule is Cc1cc(OCc2ccc(C(=O)N(C)Cc3ccn(C)n3)o2)ccc1Cl. The smallest absolute Gasteiger partial charge is 0.289 e. The van der Waals surface area contributed by atoms with E-state index in [1.54, 1.807) is 40.9 Å². The van der Waals surface area contributed by atoms with Crippen molar-refractivity contribution in [2.45, 2.75) is 20.1 Å². The second kappa shape index (κ2) is 7.66. The number of carbonyl (C=O) groups excluding carboxylic acids is 1. The van der Waals surface area contributed by atoms with Crippen LogP contribution in [-0.2, 0) is 20.2 Å². The molecule has 136 valence electrons. The highest BCUT2D eigenvalue weighted by Gasteiger charge is 2.17. The van der Waals surface area contributed by atoms with Crippen molar-refractivity contribution in [2.75, 3.05) is 7.05 Å². The predicted molar refractivity (Wildman–Crippen MR) is 98.2 cm³/mol. The fraction of sp³-hybridized carbons (Fsp3) is 0.263. The second-order valence-corrected chi connectivity index (χ2v) is 6.51. The number of halogens is 1. The van der Waals surface area contributed by atoms with Gasteiger partial charge in [0.1, 0.15) is 18.1 Å².